The fourth-order valence-electron chi connectivity index (χ4n) is 7.44. The summed E-state index contributed by atoms with van der Waals surface area (Å²) in [6.07, 6.45) is 0. The first-order chi connectivity index (χ1) is 27.2. The molecule has 0 saturated carbocycles. The summed E-state index contributed by atoms with van der Waals surface area (Å²) in [7, 11) is 0. The number of hydrogen-bond acceptors (Lipinski definition) is 4. The molecule has 10 aromatic rings. The van der Waals surface area contributed by atoms with Gasteiger partial charge in [0.1, 0.15) is 0 Å². The summed E-state index contributed by atoms with van der Waals surface area (Å²) in [5.74, 6) is 1.92. The molecule has 0 aliphatic carbocycles. The van der Waals surface area contributed by atoms with E-state index in [9.17, 15) is 0 Å². The number of hydrogen-bond donors (Lipinski definition) is 0. The monoisotopic (exact) mass is 719 g/mol. The fourth-order valence-corrected chi connectivity index (χ4v) is 8.75. The highest BCUT2D eigenvalue weighted by atomic mass is 32.1. The van der Waals surface area contributed by atoms with Crippen LogP contribution >= 0.6 is 11.3 Å². The molecule has 0 aliphatic rings. The van der Waals surface area contributed by atoms with Gasteiger partial charge < -0.3 is 0 Å². The molecule has 0 saturated heterocycles. The predicted molar refractivity (Wildman–Crippen MR) is 231 cm³/mol. The Morgan fingerprint density at radius 1 is 0.291 bits per heavy atom. The van der Waals surface area contributed by atoms with Crippen LogP contribution in [0.25, 0.3) is 98.8 Å². The maximum absolute atomic E-state index is 5.13. The molecule has 0 unspecified atom stereocenters. The lowest BCUT2D eigenvalue weighted by atomic mass is 9.93. The van der Waals surface area contributed by atoms with Crippen molar-refractivity contribution in [3.8, 4) is 78.7 Å². The highest BCUT2D eigenvalue weighted by Crippen LogP contribution is 2.46. The third-order valence-electron chi connectivity index (χ3n) is 10.1. The first-order valence-corrected chi connectivity index (χ1v) is 19.3. The minimum absolute atomic E-state index is 0.637. The van der Waals surface area contributed by atoms with E-state index in [4.69, 9.17) is 15.0 Å². The minimum atomic E-state index is 0.637. The Balaban J connectivity index is 1.12. The van der Waals surface area contributed by atoms with Crippen molar-refractivity contribution in [3.63, 3.8) is 0 Å². The molecule has 0 aliphatic heterocycles. The maximum Gasteiger partial charge on any atom is 0.164 e. The van der Waals surface area contributed by atoms with E-state index in [1.54, 1.807) is 0 Å². The van der Waals surface area contributed by atoms with Crippen LogP contribution in [0.3, 0.4) is 0 Å². The zero-order valence-electron chi connectivity index (χ0n) is 29.8. The van der Waals surface area contributed by atoms with E-state index in [1.807, 2.05) is 35.6 Å². The fraction of sp³-hybridized carbons (Fsp3) is 0. The van der Waals surface area contributed by atoms with Gasteiger partial charge in [-0.15, -0.1) is 11.3 Å². The van der Waals surface area contributed by atoms with E-state index in [0.717, 1.165) is 33.4 Å². The summed E-state index contributed by atoms with van der Waals surface area (Å²) in [4.78, 5) is 15.2. The molecule has 4 heteroatoms. The van der Waals surface area contributed by atoms with Crippen molar-refractivity contribution in [3.05, 3.63) is 200 Å². The van der Waals surface area contributed by atoms with E-state index >= 15 is 0 Å². The van der Waals surface area contributed by atoms with Crippen LogP contribution in [0, 0.1) is 0 Å². The van der Waals surface area contributed by atoms with Crippen LogP contribution in [0.2, 0.25) is 0 Å². The number of thiophene rings is 1. The second kappa shape index (κ2) is 14.1. The summed E-state index contributed by atoms with van der Waals surface area (Å²) in [6.45, 7) is 0. The second-order valence-corrected chi connectivity index (χ2v) is 14.7. The molecule has 0 bridgehead atoms. The van der Waals surface area contributed by atoms with Crippen LogP contribution in [0.4, 0.5) is 0 Å². The number of aromatic nitrogens is 3. The first-order valence-electron chi connectivity index (χ1n) is 18.4. The molecule has 0 fully saturated rings. The average Bonchev–Trinajstić information content (AvgIpc) is 3.66. The molecule has 0 N–H and O–H groups in total. The van der Waals surface area contributed by atoms with Crippen molar-refractivity contribution in [2.45, 2.75) is 0 Å². The van der Waals surface area contributed by atoms with Gasteiger partial charge in [0.25, 0.3) is 0 Å². The molecule has 10 rings (SSSR count). The van der Waals surface area contributed by atoms with Gasteiger partial charge in [-0.05, 0) is 68.8 Å². The highest BCUT2D eigenvalue weighted by Gasteiger charge is 2.18. The summed E-state index contributed by atoms with van der Waals surface area (Å²) in [5.41, 5.74) is 12.3. The van der Waals surface area contributed by atoms with E-state index in [2.05, 4.69) is 176 Å². The van der Waals surface area contributed by atoms with Crippen molar-refractivity contribution < 1.29 is 0 Å². The number of fused-ring (bicyclic) bond motifs is 3. The lowest BCUT2D eigenvalue weighted by Gasteiger charge is -2.11. The first kappa shape index (κ1) is 32.6. The molecule has 0 atom stereocenters. The van der Waals surface area contributed by atoms with E-state index in [-0.39, 0.29) is 0 Å². The molecule has 0 radical (unpaired) electrons. The summed E-state index contributed by atoms with van der Waals surface area (Å²) < 4.78 is 2.53. The van der Waals surface area contributed by atoms with Crippen LogP contribution in [-0.4, -0.2) is 15.0 Å². The summed E-state index contributed by atoms with van der Waals surface area (Å²) >= 11 is 1.86. The molecule has 0 spiro atoms. The molecular formula is C51H33N3S. The van der Waals surface area contributed by atoms with E-state index in [0.29, 0.717) is 17.5 Å². The van der Waals surface area contributed by atoms with Crippen LogP contribution in [-0.2, 0) is 0 Å². The number of benzene rings is 8. The molecule has 258 valence electrons. The lowest BCUT2D eigenvalue weighted by Crippen LogP contribution is -2.00. The smallest absolute Gasteiger partial charge is 0.164 e. The van der Waals surface area contributed by atoms with Gasteiger partial charge in [0.2, 0.25) is 0 Å². The Hall–Kier alpha value is -7.01. The van der Waals surface area contributed by atoms with Crippen LogP contribution in [0.15, 0.2) is 200 Å². The Morgan fingerprint density at radius 2 is 0.745 bits per heavy atom. The van der Waals surface area contributed by atoms with Crippen LogP contribution in [0.1, 0.15) is 0 Å². The topological polar surface area (TPSA) is 38.7 Å². The van der Waals surface area contributed by atoms with Crippen molar-refractivity contribution in [2.75, 3.05) is 0 Å². The van der Waals surface area contributed by atoms with Gasteiger partial charge in [0.05, 0.1) is 0 Å². The summed E-state index contributed by atoms with van der Waals surface area (Å²) in [6, 6.07) is 70.5. The number of rotatable bonds is 7. The Bertz CT molecular complexity index is 2960. The Labute approximate surface area is 323 Å². The van der Waals surface area contributed by atoms with Crippen molar-refractivity contribution in [2.24, 2.45) is 0 Å². The minimum Gasteiger partial charge on any atom is -0.208 e. The molecule has 2 heterocycles. The summed E-state index contributed by atoms with van der Waals surface area (Å²) in [5, 5.41) is 2.55. The van der Waals surface area contributed by atoms with Crippen LogP contribution in [0.5, 0.6) is 0 Å². The third-order valence-corrected chi connectivity index (χ3v) is 11.3. The molecular weight excluding hydrogens is 687 g/mol. The van der Waals surface area contributed by atoms with Gasteiger partial charge in [-0.3, -0.25) is 0 Å². The van der Waals surface area contributed by atoms with E-state index in [1.165, 1.54) is 48.0 Å². The van der Waals surface area contributed by atoms with Crippen LogP contribution < -0.4 is 0 Å². The normalized spacial score (nSPS) is 11.3. The average molecular weight is 720 g/mol. The standard InChI is InChI=1S/C51H33N3S/c1-5-16-34(17-6-1)38-24-13-26-40(30-38)50-52-49(37-22-11-4-12-23-37)53-51(54-50)41-27-14-25-39(31-41)43-28-15-29-44-47-45(36-20-9-3-10-21-36)32-42(33-46(47)55-48(43)44)35-18-7-2-8-19-35/h1-33H. The quantitative estimate of drug-likeness (QED) is 0.165. The lowest BCUT2D eigenvalue weighted by molar-refractivity contribution is 1.07. The molecule has 8 aromatic carbocycles. The van der Waals surface area contributed by atoms with Gasteiger partial charge in [0, 0.05) is 36.9 Å². The molecule has 2 aromatic heterocycles. The third kappa shape index (κ3) is 6.29. The van der Waals surface area contributed by atoms with Gasteiger partial charge in [0.15, 0.2) is 17.5 Å². The second-order valence-electron chi connectivity index (χ2n) is 13.6. The maximum atomic E-state index is 5.13. The Morgan fingerprint density at radius 3 is 1.36 bits per heavy atom. The van der Waals surface area contributed by atoms with Crippen molar-refractivity contribution in [1.82, 2.24) is 15.0 Å². The van der Waals surface area contributed by atoms with Gasteiger partial charge in [-0.2, -0.15) is 0 Å². The zero-order chi connectivity index (χ0) is 36.6. The SMILES string of the molecule is c1ccc(-c2cccc(-c3nc(-c4ccccc4)nc(-c4cccc(-c5cccc6c5sc5cc(-c7ccccc7)cc(-c7ccccc7)c56)c4)n3)c2)cc1. The predicted octanol–water partition coefficient (Wildman–Crippen LogP) is 13.9. The van der Waals surface area contributed by atoms with Gasteiger partial charge in [-0.25, -0.2) is 15.0 Å². The molecule has 0 amide bonds. The zero-order valence-corrected chi connectivity index (χ0v) is 30.6. The van der Waals surface area contributed by atoms with Gasteiger partial charge in [-0.1, -0.05) is 176 Å². The molecule has 3 nitrogen and oxygen atoms in total. The van der Waals surface area contributed by atoms with Crippen molar-refractivity contribution >= 4 is 31.5 Å². The highest BCUT2D eigenvalue weighted by molar-refractivity contribution is 7.26. The number of nitrogens with zero attached hydrogens (tertiary/aromatic N) is 3. The van der Waals surface area contributed by atoms with Gasteiger partial charge >= 0.3 is 0 Å². The molecule has 55 heavy (non-hydrogen) atoms. The Kier molecular flexibility index (Phi) is 8.36. The van der Waals surface area contributed by atoms with Crippen molar-refractivity contribution in [1.29, 1.82) is 0 Å². The largest absolute Gasteiger partial charge is 0.208 e. The van der Waals surface area contributed by atoms with E-state index < -0.39 is 0 Å².